The first-order valence-corrected chi connectivity index (χ1v) is 8.78. The van der Waals surface area contributed by atoms with Gasteiger partial charge in [0.05, 0.1) is 13.2 Å². The number of hydrogen-bond acceptors (Lipinski definition) is 5. The third kappa shape index (κ3) is 3.32. The summed E-state index contributed by atoms with van der Waals surface area (Å²) >= 11 is 6.00. The number of aromatic nitrogens is 2. The Labute approximate surface area is 147 Å². The van der Waals surface area contributed by atoms with Gasteiger partial charge in [0.2, 0.25) is 0 Å². The highest BCUT2D eigenvalue weighted by atomic mass is 35.5. The van der Waals surface area contributed by atoms with Crippen molar-refractivity contribution in [2.75, 3.05) is 43.1 Å². The molecule has 0 unspecified atom stereocenters. The van der Waals surface area contributed by atoms with Crippen LogP contribution in [0.25, 0.3) is 0 Å². The van der Waals surface area contributed by atoms with Gasteiger partial charge in [0.15, 0.2) is 0 Å². The fourth-order valence-corrected chi connectivity index (χ4v) is 3.32. The zero-order valence-corrected chi connectivity index (χ0v) is 14.3. The smallest absolute Gasteiger partial charge is 0.134 e. The number of hydrogen-bond donors (Lipinski definition) is 1. The molecule has 2 heterocycles. The highest BCUT2D eigenvalue weighted by Crippen LogP contribution is 2.48. The minimum absolute atomic E-state index is 0.217. The van der Waals surface area contributed by atoms with Gasteiger partial charge in [-0.3, -0.25) is 0 Å². The van der Waals surface area contributed by atoms with Gasteiger partial charge >= 0.3 is 0 Å². The first-order valence-electron chi connectivity index (χ1n) is 8.40. The van der Waals surface area contributed by atoms with Crippen LogP contribution in [0, 0.1) is 0 Å². The number of halogens is 1. The van der Waals surface area contributed by atoms with Crippen LogP contribution in [0.3, 0.4) is 0 Å². The average molecular weight is 345 g/mol. The van der Waals surface area contributed by atoms with E-state index in [0.29, 0.717) is 0 Å². The Bertz CT molecular complexity index is 696. The molecular formula is C18H21ClN4O. The molecule has 5 nitrogen and oxygen atoms in total. The predicted molar refractivity (Wildman–Crippen MR) is 95.9 cm³/mol. The van der Waals surface area contributed by atoms with Crippen molar-refractivity contribution in [3.8, 4) is 0 Å². The molecule has 6 heteroatoms. The largest absolute Gasteiger partial charge is 0.378 e. The summed E-state index contributed by atoms with van der Waals surface area (Å²) in [5.74, 6) is 1.85. The van der Waals surface area contributed by atoms with Crippen molar-refractivity contribution in [2.24, 2.45) is 0 Å². The summed E-state index contributed by atoms with van der Waals surface area (Å²) in [6.07, 6.45) is 4.03. The lowest BCUT2D eigenvalue weighted by atomic mass is 9.96. The second-order valence-corrected chi connectivity index (χ2v) is 6.94. The zero-order valence-electron chi connectivity index (χ0n) is 13.5. The van der Waals surface area contributed by atoms with E-state index in [0.717, 1.165) is 49.5 Å². The van der Waals surface area contributed by atoms with E-state index >= 15 is 0 Å². The molecule has 2 aliphatic rings. The molecule has 1 saturated heterocycles. The number of morpholine rings is 1. The van der Waals surface area contributed by atoms with Crippen molar-refractivity contribution >= 4 is 23.2 Å². The van der Waals surface area contributed by atoms with E-state index in [9.17, 15) is 0 Å². The number of ether oxygens (including phenoxy) is 1. The van der Waals surface area contributed by atoms with Gasteiger partial charge in [0, 0.05) is 36.1 Å². The molecule has 1 aliphatic heterocycles. The van der Waals surface area contributed by atoms with Crippen LogP contribution in [0.4, 0.5) is 11.6 Å². The molecule has 2 aromatic rings. The van der Waals surface area contributed by atoms with Crippen LogP contribution in [0.2, 0.25) is 5.02 Å². The van der Waals surface area contributed by atoms with Gasteiger partial charge in [-0.15, -0.1) is 0 Å². The van der Waals surface area contributed by atoms with Crippen molar-refractivity contribution in [2.45, 2.75) is 18.3 Å². The first kappa shape index (κ1) is 15.7. The molecule has 1 aliphatic carbocycles. The SMILES string of the molecule is Clc1ccc(C2(CNc3cc(N4CCOCC4)ncn3)CC2)cc1. The van der Waals surface area contributed by atoms with E-state index in [1.807, 2.05) is 18.2 Å². The first-order chi connectivity index (χ1) is 11.8. The van der Waals surface area contributed by atoms with E-state index in [2.05, 4.69) is 32.3 Å². The summed E-state index contributed by atoms with van der Waals surface area (Å²) in [6.45, 7) is 4.16. The maximum Gasteiger partial charge on any atom is 0.134 e. The lowest BCUT2D eigenvalue weighted by Crippen LogP contribution is -2.36. The molecule has 0 amide bonds. The zero-order chi connectivity index (χ0) is 16.4. The van der Waals surface area contributed by atoms with Crippen LogP contribution >= 0.6 is 11.6 Å². The predicted octanol–water partition coefficient (Wildman–Crippen LogP) is 3.11. The molecule has 1 N–H and O–H groups in total. The normalized spacial score (nSPS) is 19.1. The summed E-state index contributed by atoms with van der Waals surface area (Å²) in [5, 5.41) is 4.28. The van der Waals surface area contributed by atoms with E-state index < -0.39 is 0 Å². The molecule has 0 spiro atoms. The minimum atomic E-state index is 0.217. The van der Waals surface area contributed by atoms with Gasteiger partial charge in [-0.1, -0.05) is 23.7 Å². The quantitative estimate of drug-likeness (QED) is 0.903. The van der Waals surface area contributed by atoms with Gasteiger partial charge in [-0.2, -0.15) is 0 Å². The number of rotatable bonds is 5. The van der Waals surface area contributed by atoms with Gasteiger partial charge in [0.25, 0.3) is 0 Å². The summed E-state index contributed by atoms with van der Waals surface area (Å²) in [6, 6.07) is 10.2. The fraction of sp³-hybridized carbons (Fsp3) is 0.444. The molecule has 1 aromatic carbocycles. The van der Waals surface area contributed by atoms with Crippen LogP contribution in [0.5, 0.6) is 0 Å². The number of anilines is 2. The Morgan fingerprint density at radius 3 is 2.58 bits per heavy atom. The van der Waals surface area contributed by atoms with Crippen molar-refractivity contribution in [1.29, 1.82) is 0 Å². The standard InChI is InChI=1S/C18H21ClN4O/c19-15-3-1-14(2-4-15)18(5-6-18)12-20-16-11-17(22-13-21-16)23-7-9-24-10-8-23/h1-4,11,13H,5-10,12H2,(H,20,21,22). The topological polar surface area (TPSA) is 50.3 Å². The summed E-state index contributed by atoms with van der Waals surface area (Å²) in [4.78, 5) is 11.0. The Morgan fingerprint density at radius 2 is 1.88 bits per heavy atom. The van der Waals surface area contributed by atoms with Gasteiger partial charge in [-0.05, 0) is 30.5 Å². The molecule has 4 rings (SSSR count). The maximum absolute atomic E-state index is 6.00. The number of nitrogens with one attached hydrogen (secondary N) is 1. The Kier molecular flexibility index (Phi) is 4.29. The van der Waals surface area contributed by atoms with E-state index in [-0.39, 0.29) is 5.41 Å². The second kappa shape index (κ2) is 6.57. The molecule has 0 atom stereocenters. The highest BCUT2D eigenvalue weighted by molar-refractivity contribution is 6.30. The average Bonchev–Trinajstić information content (AvgIpc) is 3.43. The molecule has 24 heavy (non-hydrogen) atoms. The van der Waals surface area contributed by atoms with E-state index in [4.69, 9.17) is 16.3 Å². The van der Waals surface area contributed by atoms with Crippen molar-refractivity contribution in [3.63, 3.8) is 0 Å². The third-order valence-corrected chi connectivity index (χ3v) is 5.16. The summed E-state index contributed by atoms with van der Waals surface area (Å²) < 4.78 is 5.40. The molecule has 1 saturated carbocycles. The Balaban J connectivity index is 1.43. The second-order valence-electron chi connectivity index (χ2n) is 6.50. The van der Waals surface area contributed by atoms with Crippen molar-refractivity contribution in [1.82, 2.24) is 9.97 Å². The molecule has 2 fully saturated rings. The fourth-order valence-electron chi connectivity index (χ4n) is 3.19. The number of nitrogens with zero attached hydrogens (tertiary/aromatic N) is 3. The van der Waals surface area contributed by atoms with E-state index in [1.165, 1.54) is 18.4 Å². The van der Waals surface area contributed by atoms with Crippen molar-refractivity contribution in [3.05, 3.63) is 47.2 Å². The van der Waals surface area contributed by atoms with Crippen LogP contribution in [-0.2, 0) is 10.2 Å². The minimum Gasteiger partial charge on any atom is -0.378 e. The molecule has 0 radical (unpaired) electrons. The lowest BCUT2D eigenvalue weighted by molar-refractivity contribution is 0.122. The van der Waals surface area contributed by atoms with E-state index in [1.54, 1.807) is 6.33 Å². The van der Waals surface area contributed by atoms with Gasteiger partial charge in [-0.25, -0.2) is 9.97 Å². The van der Waals surface area contributed by atoms with Crippen LogP contribution < -0.4 is 10.2 Å². The maximum atomic E-state index is 6.00. The molecule has 126 valence electrons. The highest BCUT2D eigenvalue weighted by Gasteiger charge is 2.44. The van der Waals surface area contributed by atoms with Crippen LogP contribution in [0.1, 0.15) is 18.4 Å². The van der Waals surface area contributed by atoms with Gasteiger partial charge < -0.3 is 15.0 Å². The monoisotopic (exact) mass is 344 g/mol. The van der Waals surface area contributed by atoms with Gasteiger partial charge in [0.1, 0.15) is 18.0 Å². The van der Waals surface area contributed by atoms with Crippen LogP contribution in [0.15, 0.2) is 36.7 Å². The van der Waals surface area contributed by atoms with Crippen LogP contribution in [-0.4, -0.2) is 42.8 Å². The summed E-state index contributed by atoms with van der Waals surface area (Å²) in [7, 11) is 0. The third-order valence-electron chi connectivity index (χ3n) is 4.91. The number of benzene rings is 1. The molecular weight excluding hydrogens is 324 g/mol. The molecule has 0 bridgehead atoms. The Morgan fingerprint density at radius 1 is 1.12 bits per heavy atom. The Hall–Kier alpha value is -1.85. The van der Waals surface area contributed by atoms with Crippen molar-refractivity contribution < 1.29 is 4.74 Å². The molecule has 1 aromatic heterocycles. The lowest BCUT2D eigenvalue weighted by Gasteiger charge is -2.28. The summed E-state index contributed by atoms with van der Waals surface area (Å²) in [5.41, 5.74) is 1.57.